The molecule has 0 saturated heterocycles. The van der Waals surface area contributed by atoms with Gasteiger partial charge >= 0.3 is 0 Å². The highest BCUT2D eigenvalue weighted by Gasteiger charge is 2.22. The van der Waals surface area contributed by atoms with Gasteiger partial charge in [0, 0.05) is 5.56 Å². The normalized spacial score (nSPS) is 11.2. The predicted molar refractivity (Wildman–Crippen MR) is 100 cm³/mol. The first-order valence-corrected chi connectivity index (χ1v) is 9.06. The largest absolute Gasteiger partial charge is 0.338 e. The second-order valence-corrected chi connectivity index (χ2v) is 7.42. The smallest absolute Gasteiger partial charge is 0.260 e. The van der Waals surface area contributed by atoms with Gasteiger partial charge in [-0.05, 0) is 36.4 Å². The zero-order valence-corrected chi connectivity index (χ0v) is 15.5. The van der Waals surface area contributed by atoms with Gasteiger partial charge in [0.1, 0.15) is 11.3 Å². The number of fused-ring (bicyclic) bond motifs is 1. The van der Waals surface area contributed by atoms with Crippen LogP contribution in [0.2, 0.25) is 5.02 Å². The second-order valence-electron chi connectivity index (χ2n) is 6.00. The molecule has 0 fully saturated rings. The zero-order valence-electron chi connectivity index (χ0n) is 13.9. The number of carbonyl (C=O) groups excluding carboxylic acids is 1. The van der Waals surface area contributed by atoms with E-state index >= 15 is 0 Å². The summed E-state index contributed by atoms with van der Waals surface area (Å²) in [6, 6.07) is 11.1. The van der Waals surface area contributed by atoms with Crippen LogP contribution in [0.1, 0.15) is 10.4 Å². The summed E-state index contributed by atoms with van der Waals surface area (Å²) >= 11 is 7.64. The van der Waals surface area contributed by atoms with Crippen molar-refractivity contribution in [2.45, 2.75) is 0 Å². The molecule has 1 heterocycles. The average molecular weight is 379 g/mol. The molecular formula is C18H18ClFN3OS+. The lowest BCUT2D eigenvalue weighted by atomic mass is 10.2. The molecule has 0 spiro atoms. The van der Waals surface area contributed by atoms with Gasteiger partial charge in [0.2, 0.25) is 0 Å². The van der Waals surface area contributed by atoms with Gasteiger partial charge in [-0.15, -0.1) is 0 Å². The number of carbonyl (C=O) groups is 1. The van der Waals surface area contributed by atoms with Gasteiger partial charge in [0.25, 0.3) is 5.91 Å². The maximum Gasteiger partial charge on any atom is 0.260 e. The van der Waals surface area contributed by atoms with Crippen LogP contribution in [0.4, 0.5) is 9.52 Å². The number of hydrogen-bond acceptors (Lipinski definition) is 3. The number of amides is 1. The Labute approximate surface area is 154 Å². The lowest BCUT2D eigenvalue weighted by molar-refractivity contribution is -0.856. The molecule has 4 nitrogen and oxygen atoms in total. The number of quaternary nitrogens is 1. The van der Waals surface area contributed by atoms with Crippen LogP contribution < -0.4 is 9.80 Å². The lowest BCUT2D eigenvalue weighted by Crippen LogP contribution is -3.06. The quantitative estimate of drug-likeness (QED) is 0.741. The fourth-order valence-electron chi connectivity index (χ4n) is 2.39. The molecule has 0 aliphatic carbocycles. The van der Waals surface area contributed by atoms with Crippen LogP contribution in [0.15, 0.2) is 42.5 Å². The number of nitrogens with zero attached hydrogens (tertiary/aromatic N) is 2. The van der Waals surface area contributed by atoms with Crippen molar-refractivity contribution < 1.29 is 14.1 Å². The molecular weight excluding hydrogens is 361 g/mol. The summed E-state index contributed by atoms with van der Waals surface area (Å²) in [6.07, 6.45) is 0. The molecule has 0 aliphatic heterocycles. The monoisotopic (exact) mass is 378 g/mol. The van der Waals surface area contributed by atoms with E-state index in [4.69, 9.17) is 11.6 Å². The molecule has 3 aromatic rings. The average Bonchev–Trinajstić information content (AvgIpc) is 3.00. The van der Waals surface area contributed by atoms with E-state index in [0.717, 1.165) is 11.2 Å². The molecule has 130 valence electrons. The minimum absolute atomic E-state index is 0.198. The first kappa shape index (κ1) is 17.8. The van der Waals surface area contributed by atoms with E-state index in [1.165, 1.54) is 40.5 Å². The number of likely N-dealkylation sites (N-methyl/N-ethyl adjacent to an activating group) is 1. The summed E-state index contributed by atoms with van der Waals surface area (Å²) in [6.45, 7) is 1.27. The first-order valence-electron chi connectivity index (χ1n) is 7.87. The Balaban J connectivity index is 1.99. The molecule has 1 amide bonds. The summed E-state index contributed by atoms with van der Waals surface area (Å²) in [5, 5.41) is 1.16. The summed E-state index contributed by atoms with van der Waals surface area (Å²) in [5.74, 6) is -0.566. The van der Waals surface area contributed by atoms with E-state index in [1.807, 2.05) is 26.2 Å². The maximum absolute atomic E-state index is 13.2. The second kappa shape index (κ2) is 7.47. The Morgan fingerprint density at radius 2 is 1.96 bits per heavy atom. The summed E-state index contributed by atoms with van der Waals surface area (Å²) in [7, 11) is 4.05. The molecule has 0 bridgehead atoms. The number of nitrogens with one attached hydrogen (secondary N) is 1. The molecule has 7 heteroatoms. The Kier molecular flexibility index (Phi) is 5.32. The van der Waals surface area contributed by atoms with Gasteiger partial charge in [-0.25, -0.2) is 9.37 Å². The number of rotatable bonds is 5. The molecule has 3 rings (SSSR count). The van der Waals surface area contributed by atoms with Gasteiger partial charge in [-0.3, -0.25) is 9.69 Å². The third-order valence-corrected chi connectivity index (χ3v) is 5.11. The molecule has 0 saturated carbocycles. The molecule has 2 aromatic carbocycles. The van der Waals surface area contributed by atoms with Crippen LogP contribution >= 0.6 is 22.9 Å². The van der Waals surface area contributed by atoms with Gasteiger partial charge in [-0.2, -0.15) is 0 Å². The van der Waals surface area contributed by atoms with Gasteiger partial charge in [0.15, 0.2) is 5.13 Å². The van der Waals surface area contributed by atoms with Crippen LogP contribution in [0.3, 0.4) is 0 Å². The summed E-state index contributed by atoms with van der Waals surface area (Å²) < 4.78 is 14.1. The SMILES string of the molecule is C[NH+](C)CCN(C(=O)c1ccc(F)cc1)c1nc2c(Cl)cccc2s1. The Hall–Kier alpha value is -2.02. The highest BCUT2D eigenvalue weighted by atomic mass is 35.5. The highest BCUT2D eigenvalue weighted by Crippen LogP contribution is 2.33. The van der Waals surface area contributed by atoms with E-state index < -0.39 is 0 Å². The van der Waals surface area contributed by atoms with Crippen LogP contribution in [0.25, 0.3) is 10.2 Å². The lowest BCUT2D eigenvalue weighted by Gasteiger charge is -2.20. The number of halogens is 2. The topological polar surface area (TPSA) is 37.6 Å². The minimum Gasteiger partial charge on any atom is -0.338 e. The molecule has 0 unspecified atom stereocenters. The molecule has 0 atom stereocenters. The summed E-state index contributed by atoms with van der Waals surface area (Å²) in [4.78, 5) is 20.4. The first-order chi connectivity index (χ1) is 12.0. The van der Waals surface area contributed by atoms with E-state index in [0.29, 0.717) is 27.8 Å². The van der Waals surface area contributed by atoms with Gasteiger partial charge in [0.05, 0.1) is 36.9 Å². The van der Waals surface area contributed by atoms with E-state index in [1.54, 1.807) is 11.0 Å². The third kappa shape index (κ3) is 3.98. The number of para-hydroxylation sites is 1. The van der Waals surface area contributed by atoms with Crippen molar-refractivity contribution in [3.05, 3.63) is 58.9 Å². The van der Waals surface area contributed by atoms with Crippen molar-refractivity contribution in [3.63, 3.8) is 0 Å². The van der Waals surface area contributed by atoms with Crippen LogP contribution in [-0.4, -0.2) is 38.1 Å². The van der Waals surface area contributed by atoms with E-state index in [2.05, 4.69) is 4.98 Å². The number of benzene rings is 2. The van der Waals surface area contributed by atoms with Crippen LogP contribution in [0.5, 0.6) is 0 Å². The Morgan fingerprint density at radius 3 is 2.60 bits per heavy atom. The molecule has 0 aliphatic rings. The standard InChI is InChI=1S/C18H17ClFN3OS/c1-22(2)10-11-23(17(24)12-6-8-13(20)9-7-12)18-21-16-14(19)4-3-5-15(16)25-18/h3-9H,10-11H2,1-2H3/p+1. The Morgan fingerprint density at radius 1 is 1.24 bits per heavy atom. The predicted octanol–water partition coefficient (Wildman–Crippen LogP) is 2.88. The van der Waals surface area contributed by atoms with Crippen molar-refractivity contribution in [1.29, 1.82) is 0 Å². The van der Waals surface area contributed by atoms with Crippen molar-refractivity contribution in [2.75, 3.05) is 32.1 Å². The molecule has 25 heavy (non-hydrogen) atoms. The van der Waals surface area contributed by atoms with Crippen molar-refractivity contribution >= 4 is 44.2 Å². The fraction of sp³-hybridized carbons (Fsp3) is 0.222. The molecule has 0 radical (unpaired) electrons. The van der Waals surface area contributed by atoms with Crippen LogP contribution in [-0.2, 0) is 0 Å². The van der Waals surface area contributed by atoms with Crippen molar-refractivity contribution in [3.8, 4) is 0 Å². The number of aromatic nitrogens is 1. The number of hydrogen-bond donors (Lipinski definition) is 1. The van der Waals surface area contributed by atoms with E-state index in [-0.39, 0.29) is 11.7 Å². The van der Waals surface area contributed by atoms with Crippen LogP contribution in [0, 0.1) is 5.82 Å². The summed E-state index contributed by atoms with van der Waals surface area (Å²) in [5.41, 5.74) is 1.12. The number of thiazole rings is 1. The van der Waals surface area contributed by atoms with E-state index in [9.17, 15) is 9.18 Å². The van der Waals surface area contributed by atoms with Crippen molar-refractivity contribution in [1.82, 2.24) is 4.98 Å². The van der Waals surface area contributed by atoms with Gasteiger partial charge in [-0.1, -0.05) is 29.0 Å². The van der Waals surface area contributed by atoms with Crippen molar-refractivity contribution in [2.24, 2.45) is 0 Å². The zero-order chi connectivity index (χ0) is 18.0. The third-order valence-electron chi connectivity index (χ3n) is 3.76. The minimum atomic E-state index is -0.368. The highest BCUT2D eigenvalue weighted by molar-refractivity contribution is 7.22. The fourth-order valence-corrected chi connectivity index (χ4v) is 3.68. The number of anilines is 1. The molecule has 1 aromatic heterocycles. The Bertz CT molecular complexity index is 895. The molecule has 1 N–H and O–H groups in total. The maximum atomic E-state index is 13.2. The van der Waals surface area contributed by atoms with Gasteiger partial charge < -0.3 is 4.90 Å².